The van der Waals surface area contributed by atoms with Crippen LogP contribution >= 0.6 is 11.8 Å². The van der Waals surface area contributed by atoms with Gasteiger partial charge in [-0.05, 0) is 24.1 Å². The summed E-state index contributed by atoms with van der Waals surface area (Å²) in [6, 6.07) is 27.9. The monoisotopic (exact) mass is 454 g/mol. The first-order valence-corrected chi connectivity index (χ1v) is 11.8. The van der Waals surface area contributed by atoms with E-state index < -0.39 is 0 Å². The molecule has 1 N–H and O–H groups in total. The molecule has 0 saturated heterocycles. The fourth-order valence-corrected chi connectivity index (χ4v) is 4.43. The predicted octanol–water partition coefficient (Wildman–Crippen LogP) is 5.44. The number of aromatic nitrogens is 3. The quantitative estimate of drug-likeness (QED) is 0.270. The lowest BCUT2D eigenvalue weighted by Gasteiger charge is -2.20. The third-order valence-electron chi connectivity index (χ3n) is 5.21. The van der Waals surface area contributed by atoms with Crippen LogP contribution in [0.2, 0.25) is 0 Å². The lowest BCUT2D eigenvalue weighted by molar-refractivity contribution is -0.119. The van der Waals surface area contributed by atoms with Crippen LogP contribution in [-0.2, 0) is 11.3 Å². The molecule has 166 valence electrons. The van der Waals surface area contributed by atoms with E-state index in [1.54, 1.807) is 0 Å². The number of thioether (sulfide) groups is 1. The Hall–Kier alpha value is -3.64. The smallest absolute Gasteiger partial charge is 0.231 e. The molecule has 0 radical (unpaired) electrons. The van der Waals surface area contributed by atoms with Crippen molar-refractivity contribution in [3.63, 3.8) is 0 Å². The Balaban J connectivity index is 1.50. The zero-order valence-electron chi connectivity index (χ0n) is 18.5. The maximum atomic E-state index is 13.0. The Labute approximate surface area is 198 Å². The van der Waals surface area contributed by atoms with Crippen molar-refractivity contribution in [2.24, 2.45) is 0 Å². The Morgan fingerprint density at radius 2 is 1.67 bits per heavy atom. The lowest BCUT2D eigenvalue weighted by atomic mass is 9.99. The van der Waals surface area contributed by atoms with Gasteiger partial charge in [-0.15, -0.1) is 16.8 Å². The van der Waals surface area contributed by atoms with Gasteiger partial charge in [0, 0.05) is 12.1 Å². The summed E-state index contributed by atoms with van der Waals surface area (Å²) in [7, 11) is 0. The molecule has 0 fully saturated rings. The normalized spacial score (nSPS) is 10.8. The summed E-state index contributed by atoms with van der Waals surface area (Å²) in [5, 5.41) is 12.6. The first kappa shape index (κ1) is 22.6. The van der Waals surface area contributed by atoms with E-state index in [2.05, 4.69) is 28.2 Å². The molecule has 0 bridgehead atoms. The molecule has 6 heteroatoms. The average molecular weight is 455 g/mol. The molecule has 0 unspecified atom stereocenters. The molecular formula is C27H26N4OS. The maximum Gasteiger partial charge on any atom is 0.231 e. The van der Waals surface area contributed by atoms with Gasteiger partial charge in [0.1, 0.15) is 0 Å². The molecule has 0 atom stereocenters. The minimum absolute atomic E-state index is 0.0667. The topological polar surface area (TPSA) is 59.8 Å². The summed E-state index contributed by atoms with van der Waals surface area (Å²) in [5.41, 5.74) is 4.23. The van der Waals surface area contributed by atoms with Crippen LogP contribution in [0.3, 0.4) is 0 Å². The van der Waals surface area contributed by atoms with E-state index in [-0.39, 0.29) is 17.7 Å². The molecule has 4 rings (SSSR count). The van der Waals surface area contributed by atoms with Crippen LogP contribution in [0, 0.1) is 6.92 Å². The molecule has 0 aliphatic rings. The summed E-state index contributed by atoms with van der Waals surface area (Å²) in [6.45, 7) is 6.48. The van der Waals surface area contributed by atoms with E-state index in [0.717, 1.165) is 28.1 Å². The molecule has 0 aliphatic heterocycles. The second-order valence-electron chi connectivity index (χ2n) is 7.69. The summed E-state index contributed by atoms with van der Waals surface area (Å²) in [4.78, 5) is 13.0. The molecule has 1 amide bonds. The van der Waals surface area contributed by atoms with E-state index in [0.29, 0.717) is 11.7 Å². The van der Waals surface area contributed by atoms with Crippen molar-refractivity contribution in [2.45, 2.75) is 24.7 Å². The van der Waals surface area contributed by atoms with Gasteiger partial charge in [-0.25, -0.2) is 0 Å². The summed E-state index contributed by atoms with van der Waals surface area (Å²) in [5.74, 6) is 0.940. The molecule has 5 nitrogen and oxygen atoms in total. The molecule has 4 aromatic rings. The van der Waals surface area contributed by atoms with Crippen molar-refractivity contribution in [2.75, 3.05) is 5.75 Å². The molecule has 1 aromatic heterocycles. The number of nitrogens with one attached hydrogen (secondary N) is 1. The number of amides is 1. The minimum Gasteiger partial charge on any atom is -0.344 e. The highest BCUT2D eigenvalue weighted by atomic mass is 32.2. The van der Waals surface area contributed by atoms with E-state index in [4.69, 9.17) is 0 Å². The van der Waals surface area contributed by atoms with Gasteiger partial charge < -0.3 is 5.32 Å². The van der Waals surface area contributed by atoms with Gasteiger partial charge >= 0.3 is 0 Å². The van der Waals surface area contributed by atoms with Gasteiger partial charge in [-0.2, -0.15) is 0 Å². The lowest BCUT2D eigenvalue weighted by Crippen LogP contribution is -2.30. The fraction of sp³-hybridized carbons (Fsp3) is 0.148. The molecular weight excluding hydrogens is 428 g/mol. The Kier molecular flexibility index (Phi) is 7.37. The van der Waals surface area contributed by atoms with Gasteiger partial charge in [0.05, 0.1) is 11.8 Å². The van der Waals surface area contributed by atoms with Crippen LogP contribution in [-0.4, -0.2) is 26.4 Å². The number of benzene rings is 3. The average Bonchev–Trinajstić information content (AvgIpc) is 3.25. The van der Waals surface area contributed by atoms with Crippen molar-refractivity contribution >= 4 is 17.7 Å². The summed E-state index contributed by atoms with van der Waals surface area (Å²) >= 11 is 1.38. The van der Waals surface area contributed by atoms with Gasteiger partial charge in [0.15, 0.2) is 11.0 Å². The van der Waals surface area contributed by atoms with Crippen LogP contribution in [0.15, 0.2) is 103 Å². The van der Waals surface area contributed by atoms with Crippen molar-refractivity contribution in [1.29, 1.82) is 0 Å². The van der Waals surface area contributed by atoms with E-state index in [9.17, 15) is 4.79 Å². The maximum absolute atomic E-state index is 13.0. The third kappa shape index (κ3) is 5.59. The second kappa shape index (κ2) is 10.8. The van der Waals surface area contributed by atoms with Gasteiger partial charge in [0.25, 0.3) is 0 Å². The van der Waals surface area contributed by atoms with Crippen LogP contribution in [0.5, 0.6) is 0 Å². The highest BCUT2D eigenvalue weighted by Gasteiger charge is 2.19. The molecule has 0 spiro atoms. The summed E-state index contributed by atoms with van der Waals surface area (Å²) < 4.78 is 1.99. The molecule has 3 aromatic carbocycles. The first-order valence-electron chi connectivity index (χ1n) is 10.8. The van der Waals surface area contributed by atoms with Crippen LogP contribution in [0.25, 0.3) is 11.4 Å². The Morgan fingerprint density at radius 1 is 1.00 bits per heavy atom. The van der Waals surface area contributed by atoms with Gasteiger partial charge in [-0.1, -0.05) is 102 Å². The van der Waals surface area contributed by atoms with Gasteiger partial charge in [0.2, 0.25) is 5.91 Å². The number of rotatable bonds is 9. The Morgan fingerprint density at radius 3 is 2.27 bits per heavy atom. The second-order valence-corrected chi connectivity index (χ2v) is 8.63. The van der Waals surface area contributed by atoms with E-state index in [1.165, 1.54) is 11.8 Å². The number of hydrogen-bond donors (Lipinski definition) is 1. The van der Waals surface area contributed by atoms with Crippen molar-refractivity contribution in [1.82, 2.24) is 20.1 Å². The Bertz CT molecular complexity index is 1180. The van der Waals surface area contributed by atoms with Gasteiger partial charge in [-0.3, -0.25) is 9.36 Å². The number of hydrogen-bond acceptors (Lipinski definition) is 4. The summed E-state index contributed by atoms with van der Waals surface area (Å²) in [6.07, 6.45) is 1.81. The van der Waals surface area contributed by atoms with Crippen LogP contribution < -0.4 is 5.32 Å². The number of aryl methyl sites for hydroxylation is 1. The third-order valence-corrected chi connectivity index (χ3v) is 6.18. The number of nitrogens with zero attached hydrogens (tertiary/aromatic N) is 3. The molecule has 1 heterocycles. The zero-order chi connectivity index (χ0) is 23.0. The minimum atomic E-state index is -0.214. The van der Waals surface area contributed by atoms with Crippen molar-refractivity contribution < 1.29 is 4.79 Å². The number of carbonyl (C=O) groups is 1. The molecule has 0 saturated carbocycles. The highest BCUT2D eigenvalue weighted by molar-refractivity contribution is 7.99. The zero-order valence-corrected chi connectivity index (χ0v) is 19.3. The number of carbonyl (C=O) groups excluding carboxylic acids is 1. The highest BCUT2D eigenvalue weighted by Crippen LogP contribution is 2.26. The SMILES string of the molecule is C=CCn1c(SCC(=O)NC(c2ccccc2)c2ccccc2)nnc1-c1cccc(C)c1. The standard InChI is InChI=1S/C27H26N4OS/c1-3-17-31-26(23-16-10-11-20(2)18-23)29-30-27(31)33-19-24(32)28-25(21-12-6-4-7-13-21)22-14-8-5-9-15-22/h3-16,18,25H,1,17,19H2,2H3,(H,28,32). The predicted molar refractivity (Wildman–Crippen MR) is 134 cm³/mol. The van der Waals surface area contributed by atoms with Crippen molar-refractivity contribution in [3.8, 4) is 11.4 Å². The number of allylic oxidation sites excluding steroid dienone is 1. The van der Waals surface area contributed by atoms with Crippen LogP contribution in [0.4, 0.5) is 0 Å². The van der Waals surface area contributed by atoms with E-state index >= 15 is 0 Å². The molecule has 33 heavy (non-hydrogen) atoms. The van der Waals surface area contributed by atoms with Crippen LogP contribution in [0.1, 0.15) is 22.7 Å². The fourth-order valence-electron chi connectivity index (χ4n) is 3.67. The largest absolute Gasteiger partial charge is 0.344 e. The first-order chi connectivity index (χ1) is 16.2. The van der Waals surface area contributed by atoms with E-state index in [1.807, 2.05) is 96.4 Å². The molecule has 0 aliphatic carbocycles. The van der Waals surface area contributed by atoms with Crippen molar-refractivity contribution in [3.05, 3.63) is 114 Å².